The van der Waals surface area contributed by atoms with Crippen LogP contribution in [0.15, 0.2) is 53.7 Å². The van der Waals surface area contributed by atoms with Crippen molar-refractivity contribution in [2.75, 3.05) is 5.73 Å². The van der Waals surface area contributed by atoms with Crippen LogP contribution in [0.2, 0.25) is 0 Å². The van der Waals surface area contributed by atoms with E-state index in [1.54, 1.807) is 20.0 Å². The van der Waals surface area contributed by atoms with Gasteiger partial charge in [-0.2, -0.15) is 10.2 Å². The molecule has 10 heteroatoms. The van der Waals surface area contributed by atoms with Crippen molar-refractivity contribution in [2.45, 2.75) is 19.9 Å². The Morgan fingerprint density at radius 2 is 1.87 bits per heavy atom. The molecule has 0 radical (unpaired) electrons. The normalized spacial score (nSPS) is 12.6. The van der Waals surface area contributed by atoms with E-state index in [1.807, 2.05) is 50.2 Å². The number of anilines is 1. The quantitative estimate of drug-likeness (QED) is 0.373. The smallest absolute Gasteiger partial charge is 0.282 e. The van der Waals surface area contributed by atoms with Gasteiger partial charge in [0.25, 0.3) is 5.56 Å². The molecule has 0 aliphatic rings. The number of nitrogen functional groups attached to an aromatic ring is 1. The lowest BCUT2D eigenvalue weighted by Gasteiger charge is -2.19. The lowest BCUT2D eigenvalue weighted by atomic mass is 10.2. The summed E-state index contributed by atoms with van der Waals surface area (Å²) in [4.78, 5) is 22.0. The Kier molecular flexibility index (Phi) is 4.31. The van der Waals surface area contributed by atoms with Gasteiger partial charge >= 0.3 is 0 Å². The zero-order chi connectivity index (χ0) is 21.0. The van der Waals surface area contributed by atoms with Crippen LogP contribution in [0.4, 0.5) is 5.82 Å². The van der Waals surface area contributed by atoms with Gasteiger partial charge in [-0.1, -0.05) is 18.2 Å². The first kappa shape index (κ1) is 18.7. The second-order valence-corrected chi connectivity index (χ2v) is 8.02. The molecule has 150 valence electrons. The number of aromatic nitrogens is 7. The molecule has 2 N–H and O–H groups in total. The van der Waals surface area contributed by atoms with E-state index in [0.717, 1.165) is 11.3 Å². The van der Waals surface area contributed by atoms with Crippen molar-refractivity contribution in [1.29, 1.82) is 0 Å². The first-order chi connectivity index (χ1) is 14.5. The fourth-order valence-electron chi connectivity index (χ4n) is 3.66. The molecule has 1 unspecified atom stereocenters. The minimum Gasteiger partial charge on any atom is -0.383 e. The van der Waals surface area contributed by atoms with E-state index in [0.29, 0.717) is 31.9 Å². The van der Waals surface area contributed by atoms with E-state index in [4.69, 9.17) is 10.8 Å². The van der Waals surface area contributed by atoms with E-state index in [1.165, 1.54) is 6.33 Å². The van der Waals surface area contributed by atoms with Gasteiger partial charge < -0.3 is 5.73 Å². The minimum atomic E-state index is -0.398. The maximum Gasteiger partial charge on any atom is 0.282 e. The zero-order valence-electron chi connectivity index (χ0n) is 16.2. The monoisotopic (exact) mass is 512 g/mol. The summed E-state index contributed by atoms with van der Waals surface area (Å²) in [7, 11) is 0. The lowest BCUT2D eigenvalue weighted by molar-refractivity contribution is 0.516. The number of para-hydroxylation sites is 1. The summed E-state index contributed by atoms with van der Waals surface area (Å²) in [6, 6.07) is 11.0. The molecule has 4 aromatic heterocycles. The van der Waals surface area contributed by atoms with E-state index in [9.17, 15) is 4.79 Å². The van der Waals surface area contributed by atoms with Crippen LogP contribution in [0, 0.1) is 10.6 Å². The SMILES string of the molecule is Cc1ccn2nc(C(C)n3nc(I)c4c(N)ncnc43)n(-c3ccccc3)c(=O)c12. The van der Waals surface area contributed by atoms with Crippen LogP contribution >= 0.6 is 22.6 Å². The Labute approximate surface area is 184 Å². The highest BCUT2D eigenvalue weighted by molar-refractivity contribution is 14.1. The van der Waals surface area contributed by atoms with Crippen LogP contribution in [0.25, 0.3) is 22.2 Å². The molecule has 0 spiro atoms. The number of nitrogens with two attached hydrogens (primary N) is 1. The predicted octanol–water partition coefficient (Wildman–Crippen LogP) is 2.73. The summed E-state index contributed by atoms with van der Waals surface area (Å²) in [6.07, 6.45) is 3.21. The van der Waals surface area contributed by atoms with Gasteiger partial charge in [-0.3, -0.25) is 9.36 Å². The maximum atomic E-state index is 13.5. The lowest BCUT2D eigenvalue weighted by Crippen LogP contribution is -2.29. The minimum absolute atomic E-state index is 0.138. The topological polar surface area (TPSA) is 109 Å². The molecule has 0 saturated carbocycles. The predicted molar refractivity (Wildman–Crippen MR) is 122 cm³/mol. The first-order valence-corrected chi connectivity index (χ1v) is 10.4. The van der Waals surface area contributed by atoms with Gasteiger partial charge in [-0.25, -0.2) is 19.2 Å². The van der Waals surface area contributed by atoms with Gasteiger partial charge in [0.05, 0.1) is 11.1 Å². The molecule has 1 aromatic carbocycles. The number of nitrogens with zero attached hydrogens (tertiary/aromatic N) is 7. The van der Waals surface area contributed by atoms with E-state index in [-0.39, 0.29) is 5.56 Å². The fraction of sp³-hybridized carbons (Fsp3) is 0.150. The molecule has 0 aliphatic carbocycles. The van der Waals surface area contributed by atoms with Crippen LogP contribution in [-0.2, 0) is 0 Å². The van der Waals surface area contributed by atoms with Crippen molar-refractivity contribution >= 4 is 45.0 Å². The molecule has 0 saturated heterocycles. The number of benzene rings is 1. The number of rotatable bonds is 3. The molecule has 30 heavy (non-hydrogen) atoms. The summed E-state index contributed by atoms with van der Waals surface area (Å²) in [5, 5.41) is 10.1. The zero-order valence-corrected chi connectivity index (χ0v) is 18.3. The molecular formula is C20H17IN8O. The molecular weight excluding hydrogens is 495 g/mol. The average Bonchev–Trinajstić information content (AvgIpc) is 3.29. The number of hydrogen-bond donors (Lipinski definition) is 1. The molecule has 0 bridgehead atoms. The highest BCUT2D eigenvalue weighted by Crippen LogP contribution is 2.27. The molecule has 4 heterocycles. The molecule has 5 rings (SSSR count). The van der Waals surface area contributed by atoms with E-state index < -0.39 is 6.04 Å². The van der Waals surface area contributed by atoms with Gasteiger partial charge in [0.1, 0.15) is 27.4 Å². The summed E-state index contributed by atoms with van der Waals surface area (Å²) >= 11 is 2.12. The Hall–Kier alpha value is -3.28. The van der Waals surface area contributed by atoms with Crippen LogP contribution in [0.1, 0.15) is 24.4 Å². The van der Waals surface area contributed by atoms with Gasteiger partial charge in [0.15, 0.2) is 11.5 Å². The average molecular weight is 512 g/mol. The molecule has 9 nitrogen and oxygen atoms in total. The summed E-state index contributed by atoms with van der Waals surface area (Å²) in [5.41, 5.74) is 8.65. The largest absolute Gasteiger partial charge is 0.383 e. The summed E-state index contributed by atoms with van der Waals surface area (Å²) in [5.74, 6) is 0.903. The first-order valence-electron chi connectivity index (χ1n) is 9.28. The standard InChI is InChI=1S/C20H17IN8O/c1-11-8-9-27-15(11)20(30)28(13-6-4-3-5-7-13)18(26-27)12(2)29-19-14(16(21)25-29)17(22)23-10-24-19/h3-10,12H,1-2H3,(H2,22,23,24). The number of aryl methyl sites for hydroxylation is 1. The van der Waals surface area contributed by atoms with Crippen molar-refractivity contribution in [3.8, 4) is 5.69 Å². The third-order valence-electron chi connectivity index (χ3n) is 5.14. The van der Waals surface area contributed by atoms with Crippen molar-refractivity contribution < 1.29 is 0 Å². The van der Waals surface area contributed by atoms with Gasteiger partial charge in [-0.15, -0.1) is 0 Å². The summed E-state index contributed by atoms with van der Waals surface area (Å²) < 4.78 is 5.69. The molecule has 1 atom stereocenters. The Morgan fingerprint density at radius 1 is 1.10 bits per heavy atom. The highest BCUT2D eigenvalue weighted by Gasteiger charge is 2.24. The van der Waals surface area contributed by atoms with Crippen molar-refractivity contribution in [3.05, 3.63) is 74.4 Å². The number of halogens is 1. The highest BCUT2D eigenvalue weighted by atomic mass is 127. The van der Waals surface area contributed by atoms with Gasteiger partial charge in [0, 0.05) is 6.20 Å². The number of fused-ring (bicyclic) bond motifs is 2. The number of hydrogen-bond acceptors (Lipinski definition) is 6. The maximum absolute atomic E-state index is 13.5. The van der Waals surface area contributed by atoms with Crippen molar-refractivity contribution in [2.24, 2.45) is 0 Å². The summed E-state index contributed by atoms with van der Waals surface area (Å²) in [6.45, 7) is 3.84. The molecule has 0 amide bonds. The molecule has 5 aromatic rings. The van der Waals surface area contributed by atoms with Gasteiger partial charge in [-0.05, 0) is 60.2 Å². The van der Waals surface area contributed by atoms with Crippen LogP contribution in [0.3, 0.4) is 0 Å². The molecule has 0 aliphatic heterocycles. The van der Waals surface area contributed by atoms with Crippen molar-refractivity contribution in [3.63, 3.8) is 0 Å². The van der Waals surface area contributed by atoms with Gasteiger partial charge in [0.2, 0.25) is 0 Å². The molecule has 0 fully saturated rings. The Morgan fingerprint density at radius 3 is 2.63 bits per heavy atom. The fourth-order valence-corrected chi connectivity index (χ4v) is 4.41. The van der Waals surface area contributed by atoms with Crippen LogP contribution in [0.5, 0.6) is 0 Å². The second-order valence-electron chi connectivity index (χ2n) is 7.00. The third kappa shape index (κ3) is 2.70. The van der Waals surface area contributed by atoms with Crippen molar-refractivity contribution in [1.82, 2.24) is 33.9 Å². The Balaban J connectivity index is 1.83. The van der Waals surface area contributed by atoms with Crippen LogP contribution < -0.4 is 11.3 Å². The Bertz CT molecular complexity index is 1470. The van der Waals surface area contributed by atoms with E-state index >= 15 is 0 Å². The third-order valence-corrected chi connectivity index (χ3v) is 5.90. The van der Waals surface area contributed by atoms with E-state index in [2.05, 4.69) is 37.7 Å². The second kappa shape index (κ2) is 6.90. The van der Waals surface area contributed by atoms with Crippen LogP contribution in [-0.4, -0.2) is 33.9 Å².